The van der Waals surface area contributed by atoms with E-state index in [1.807, 2.05) is 11.6 Å². The minimum absolute atomic E-state index is 0.156. The molecular weight excluding hydrogens is 459 g/mol. The SMILES string of the molecule is CC(C)c1cc(-c2nnc(SCC(=O)Nc3cc(Cl)c(Cl)cc3Cl)n2C)cs1. The van der Waals surface area contributed by atoms with E-state index in [0.29, 0.717) is 31.8 Å². The van der Waals surface area contributed by atoms with Crippen LogP contribution in [-0.2, 0) is 11.8 Å². The van der Waals surface area contributed by atoms with E-state index in [2.05, 4.69) is 40.8 Å². The lowest BCUT2D eigenvalue weighted by Crippen LogP contribution is -2.14. The minimum atomic E-state index is -0.229. The average Bonchev–Trinajstić information content (AvgIpc) is 3.25. The number of anilines is 1. The summed E-state index contributed by atoms with van der Waals surface area (Å²) in [7, 11) is 1.89. The molecule has 0 aliphatic heterocycles. The van der Waals surface area contributed by atoms with Crippen LogP contribution in [0.3, 0.4) is 0 Å². The van der Waals surface area contributed by atoms with Gasteiger partial charge >= 0.3 is 0 Å². The number of carbonyl (C=O) groups is 1. The fourth-order valence-electron chi connectivity index (χ4n) is 2.40. The van der Waals surface area contributed by atoms with Crippen LogP contribution in [0.15, 0.2) is 28.7 Å². The second-order valence-corrected chi connectivity index (χ2v) is 9.45. The Kier molecular flexibility index (Phi) is 6.94. The fourth-order valence-corrected chi connectivity index (χ4v) is 4.61. The summed E-state index contributed by atoms with van der Waals surface area (Å²) < 4.78 is 1.89. The van der Waals surface area contributed by atoms with Gasteiger partial charge in [0.05, 0.1) is 26.5 Å². The molecule has 10 heteroatoms. The van der Waals surface area contributed by atoms with Crippen LogP contribution in [0, 0.1) is 0 Å². The van der Waals surface area contributed by atoms with Crippen LogP contribution in [-0.4, -0.2) is 26.4 Å². The van der Waals surface area contributed by atoms with Gasteiger partial charge in [-0.25, -0.2) is 0 Å². The largest absolute Gasteiger partial charge is 0.324 e. The molecule has 2 aromatic heterocycles. The van der Waals surface area contributed by atoms with Gasteiger partial charge in [-0.05, 0) is 24.1 Å². The van der Waals surface area contributed by atoms with E-state index in [-0.39, 0.29) is 11.7 Å². The summed E-state index contributed by atoms with van der Waals surface area (Å²) in [5.41, 5.74) is 1.45. The summed E-state index contributed by atoms with van der Waals surface area (Å²) in [6, 6.07) is 5.15. The number of rotatable bonds is 6. The van der Waals surface area contributed by atoms with Crippen molar-refractivity contribution >= 4 is 69.5 Å². The Morgan fingerprint density at radius 3 is 2.57 bits per heavy atom. The van der Waals surface area contributed by atoms with E-state index < -0.39 is 0 Å². The Hall–Kier alpha value is -1.25. The van der Waals surface area contributed by atoms with Crippen molar-refractivity contribution < 1.29 is 4.79 Å². The van der Waals surface area contributed by atoms with Gasteiger partial charge in [0, 0.05) is 22.9 Å². The molecule has 3 aromatic rings. The molecular formula is C18H17Cl3N4OS2. The highest BCUT2D eigenvalue weighted by atomic mass is 35.5. The lowest BCUT2D eigenvalue weighted by molar-refractivity contribution is -0.113. The van der Waals surface area contributed by atoms with Crippen LogP contribution in [0.2, 0.25) is 15.1 Å². The lowest BCUT2D eigenvalue weighted by atomic mass is 10.1. The number of nitrogens with one attached hydrogen (secondary N) is 1. The smallest absolute Gasteiger partial charge is 0.234 e. The Labute approximate surface area is 186 Å². The van der Waals surface area contributed by atoms with E-state index in [1.165, 1.54) is 28.8 Å². The van der Waals surface area contributed by atoms with Crippen LogP contribution < -0.4 is 5.32 Å². The van der Waals surface area contributed by atoms with Crippen molar-refractivity contribution in [1.29, 1.82) is 0 Å². The van der Waals surface area contributed by atoms with Crippen LogP contribution in [0.1, 0.15) is 24.6 Å². The molecule has 0 unspecified atom stereocenters. The zero-order valence-electron chi connectivity index (χ0n) is 15.3. The summed E-state index contributed by atoms with van der Waals surface area (Å²) in [6.45, 7) is 4.32. The van der Waals surface area contributed by atoms with Crippen molar-refractivity contribution in [2.45, 2.75) is 24.9 Å². The third-order valence-electron chi connectivity index (χ3n) is 3.90. The van der Waals surface area contributed by atoms with Gasteiger partial charge in [-0.2, -0.15) is 0 Å². The van der Waals surface area contributed by atoms with E-state index in [1.54, 1.807) is 11.3 Å². The molecule has 0 aliphatic rings. The molecule has 0 atom stereocenters. The number of thiophene rings is 1. The maximum atomic E-state index is 12.3. The molecule has 0 spiro atoms. The van der Waals surface area contributed by atoms with Crippen LogP contribution >= 0.6 is 57.9 Å². The van der Waals surface area contributed by atoms with Gasteiger partial charge in [0.1, 0.15) is 0 Å². The van der Waals surface area contributed by atoms with Gasteiger partial charge in [0.15, 0.2) is 11.0 Å². The number of halogens is 3. The fraction of sp³-hybridized carbons (Fsp3) is 0.278. The second-order valence-electron chi connectivity index (χ2n) is 6.34. The van der Waals surface area contributed by atoms with Crippen LogP contribution in [0.25, 0.3) is 11.4 Å². The molecule has 28 heavy (non-hydrogen) atoms. The first-order valence-electron chi connectivity index (χ1n) is 8.31. The van der Waals surface area contributed by atoms with Crippen molar-refractivity contribution in [1.82, 2.24) is 14.8 Å². The summed E-state index contributed by atoms with van der Waals surface area (Å²) in [6.07, 6.45) is 0. The minimum Gasteiger partial charge on any atom is -0.324 e. The van der Waals surface area contributed by atoms with Crippen molar-refractivity contribution in [2.24, 2.45) is 7.05 Å². The van der Waals surface area contributed by atoms with Crippen LogP contribution in [0.5, 0.6) is 0 Å². The first kappa shape index (κ1) is 21.5. The maximum Gasteiger partial charge on any atom is 0.234 e. The Morgan fingerprint density at radius 2 is 1.89 bits per heavy atom. The zero-order chi connectivity index (χ0) is 20.4. The summed E-state index contributed by atoms with van der Waals surface area (Å²) in [4.78, 5) is 13.6. The van der Waals surface area contributed by atoms with Gasteiger partial charge < -0.3 is 9.88 Å². The number of carbonyl (C=O) groups excluding carboxylic acids is 1. The highest BCUT2D eigenvalue weighted by molar-refractivity contribution is 7.99. The molecule has 3 rings (SSSR count). The predicted octanol–water partition coefficient (Wildman–Crippen LogP) is 6.36. The van der Waals surface area contributed by atoms with Crippen LogP contribution in [0.4, 0.5) is 5.69 Å². The van der Waals surface area contributed by atoms with Crippen molar-refractivity contribution in [3.63, 3.8) is 0 Å². The highest BCUT2D eigenvalue weighted by Gasteiger charge is 2.16. The third kappa shape index (κ3) is 4.83. The molecule has 5 nitrogen and oxygen atoms in total. The van der Waals surface area contributed by atoms with Gasteiger partial charge in [-0.1, -0.05) is 60.4 Å². The summed E-state index contributed by atoms with van der Waals surface area (Å²) >= 11 is 21.0. The van der Waals surface area contributed by atoms with Crippen molar-refractivity contribution in [3.8, 4) is 11.4 Å². The number of aromatic nitrogens is 3. The normalized spacial score (nSPS) is 11.2. The molecule has 0 fully saturated rings. The molecule has 0 radical (unpaired) electrons. The molecule has 0 saturated heterocycles. The highest BCUT2D eigenvalue weighted by Crippen LogP contribution is 2.33. The Bertz CT molecular complexity index is 1020. The number of hydrogen-bond donors (Lipinski definition) is 1. The lowest BCUT2D eigenvalue weighted by Gasteiger charge is -2.08. The number of benzene rings is 1. The first-order valence-corrected chi connectivity index (χ1v) is 11.3. The van der Waals surface area contributed by atoms with E-state index in [4.69, 9.17) is 34.8 Å². The van der Waals surface area contributed by atoms with E-state index in [0.717, 1.165) is 11.4 Å². The predicted molar refractivity (Wildman–Crippen MR) is 119 cm³/mol. The van der Waals surface area contributed by atoms with E-state index in [9.17, 15) is 4.79 Å². The molecule has 0 aliphatic carbocycles. The maximum absolute atomic E-state index is 12.3. The molecule has 1 amide bonds. The zero-order valence-corrected chi connectivity index (χ0v) is 19.2. The average molecular weight is 476 g/mol. The molecule has 2 heterocycles. The molecule has 1 N–H and O–H groups in total. The number of thioether (sulfide) groups is 1. The summed E-state index contributed by atoms with van der Waals surface area (Å²) in [5, 5.41) is 14.9. The van der Waals surface area contributed by atoms with Crippen molar-refractivity contribution in [3.05, 3.63) is 43.5 Å². The number of hydrogen-bond acceptors (Lipinski definition) is 5. The van der Waals surface area contributed by atoms with Gasteiger partial charge in [-0.3, -0.25) is 4.79 Å². The number of amides is 1. The second kappa shape index (κ2) is 9.05. The summed E-state index contributed by atoms with van der Waals surface area (Å²) in [5.74, 6) is 1.17. The van der Waals surface area contributed by atoms with Crippen molar-refractivity contribution in [2.75, 3.05) is 11.1 Å². The van der Waals surface area contributed by atoms with E-state index >= 15 is 0 Å². The third-order valence-corrected chi connectivity index (χ3v) is 7.19. The molecule has 1 aromatic carbocycles. The van der Waals surface area contributed by atoms with Gasteiger partial charge in [-0.15, -0.1) is 21.5 Å². The quantitative estimate of drug-likeness (QED) is 0.333. The molecule has 0 saturated carbocycles. The Balaban J connectivity index is 1.66. The molecule has 148 valence electrons. The topological polar surface area (TPSA) is 59.8 Å². The monoisotopic (exact) mass is 474 g/mol. The Morgan fingerprint density at radius 1 is 1.18 bits per heavy atom. The first-order chi connectivity index (χ1) is 13.3. The van der Waals surface area contributed by atoms with Gasteiger partial charge in [0.2, 0.25) is 5.91 Å². The molecule has 0 bridgehead atoms. The standard InChI is InChI=1S/C18H17Cl3N4OS2/c1-9(2)15-4-10(7-27-15)17-23-24-18(25(17)3)28-8-16(26)22-14-6-12(20)11(19)5-13(14)21/h4-7,9H,8H2,1-3H3,(H,22,26). The number of nitrogens with zero attached hydrogens (tertiary/aromatic N) is 3. The van der Waals surface area contributed by atoms with Gasteiger partial charge in [0.25, 0.3) is 0 Å².